The maximum atomic E-state index is 13.3. The van der Waals surface area contributed by atoms with E-state index in [1.165, 1.54) is 0 Å². The summed E-state index contributed by atoms with van der Waals surface area (Å²) in [4.78, 5) is 30.4. The summed E-state index contributed by atoms with van der Waals surface area (Å²) in [6.45, 7) is 12.3. The maximum absolute atomic E-state index is 13.3. The predicted octanol–water partition coefficient (Wildman–Crippen LogP) is 5.03. The van der Waals surface area contributed by atoms with E-state index in [4.69, 9.17) is 9.47 Å². The van der Waals surface area contributed by atoms with Gasteiger partial charge in [-0.3, -0.25) is 9.59 Å². The smallest absolute Gasteiger partial charge is 0.295 e. The Bertz CT molecular complexity index is 1060. The number of benzene rings is 2. The van der Waals surface area contributed by atoms with E-state index in [1.807, 2.05) is 38.1 Å². The third kappa shape index (κ3) is 6.26. The molecule has 1 N–H and O–H groups in total. The summed E-state index contributed by atoms with van der Waals surface area (Å²) < 4.78 is 11.3. The zero-order chi connectivity index (χ0) is 26.1. The Kier molecular flexibility index (Phi) is 9.94. The van der Waals surface area contributed by atoms with Gasteiger partial charge in [-0.1, -0.05) is 32.9 Å². The molecule has 1 fully saturated rings. The molecule has 3 rings (SSSR count). The molecule has 194 valence electrons. The zero-order valence-electron chi connectivity index (χ0n) is 21.8. The van der Waals surface area contributed by atoms with Crippen LogP contribution in [-0.4, -0.2) is 66.0 Å². The second-order valence-corrected chi connectivity index (χ2v) is 8.75. The van der Waals surface area contributed by atoms with Crippen molar-refractivity contribution in [1.29, 1.82) is 0 Å². The van der Waals surface area contributed by atoms with Crippen LogP contribution in [-0.2, 0) is 9.59 Å². The molecule has 0 spiro atoms. The topological polar surface area (TPSA) is 79.3 Å². The number of rotatable bonds is 13. The van der Waals surface area contributed by atoms with E-state index in [0.717, 1.165) is 38.0 Å². The SMILES string of the molecule is CCCOc1cccc([C@@H]2/C(=C(\O)c3ccc(OCC)cc3)C(=O)C(=O)N2CCCN(CC)CC)c1. The van der Waals surface area contributed by atoms with Crippen LogP contribution >= 0.6 is 0 Å². The molecule has 0 radical (unpaired) electrons. The van der Waals surface area contributed by atoms with Crippen molar-refractivity contribution in [2.75, 3.05) is 39.4 Å². The lowest BCUT2D eigenvalue weighted by atomic mass is 9.95. The van der Waals surface area contributed by atoms with Gasteiger partial charge >= 0.3 is 0 Å². The fraction of sp³-hybridized carbons (Fsp3) is 0.448. The molecule has 2 aromatic carbocycles. The molecule has 7 heteroatoms. The van der Waals surface area contributed by atoms with Gasteiger partial charge in [-0.05, 0) is 81.4 Å². The van der Waals surface area contributed by atoms with Crippen LogP contribution in [0.15, 0.2) is 54.1 Å². The lowest BCUT2D eigenvalue weighted by Crippen LogP contribution is -2.33. The van der Waals surface area contributed by atoms with Gasteiger partial charge in [0.1, 0.15) is 17.3 Å². The van der Waals surface area contributed by atoms with Crippen LogP contribution < -0.4 is 9.47 Å². The normalized spacial score (nSPS) is 17.1. The first-order valence-corrected chi connectivity index (χ1v) is 12.9. The Hall–Kier alpha value is -3.32. The predicted molar refractivity (Wildman–Crippen MR) is 141 cm³/mol. The molecule has 0 aromatic heterocycles. The van der Waals surface area contributed by atoms with Crippen molar-refractivity contribution < 1.29 is 24.2 Å². The van der Waals surface area contributed by atoms with Crippen molar-refractivity contribution in [3.05, 3.63) is 65.2 Å². The minimum absolute atomic E-state index is 0.0969. The molecule has 7 nitrogen and oxygen atoms in total. The molecule has 0 unspecified atom stereocenters. The molecule has 1 aliphatic heterocycles. The van der Waals surface area contributed by atoms with Gasteiger partial charge in [-0.15, -0.1) is 0 Å². The minimum atomic E-state index is -0.696. The van der Waals surface area contributed by atoms with Crippen LogP contribution in [0, 0.1) is 0 Å². The average Bonchev–Trinajstić information content (AvgIpc) is 3.15. The molecule has 0 aliphatic carbocycles. The van der Waals surface area contributed by atoms with Crippen LogP contribution in [0.1, 0.15) is 57.7 Å². The van der Waals surface area contributed by atoms with Crippen molar-refractivity contribution in [1.82, 2.24) is 9.80 Å². The number of carbonyl (C=O) groups is 2. The van der Waals surface area contributed by atoms with Gasteiger partial charge in [-0.25, -0.2) is 0 Å². The number of amides is 1. The van der Waals surface area contributed by atoms with Crippen LogP contribution in [0.4, 0.5) is 0 Å². The third-order valence-corrected chi connectivity index (χ3v) is 6.39. The first-order chi connectivity index (χ1) is 17.4. The summed E-state index contributed by atoms with van der Waals surface area (Å²) in [5, 5.41) is 11.3. The van der Waals surface area contributed by atoms with E-state index in [1.54, 1.807) is 29.2 Å². The summed E-state index contributed by atoms with van der Waals surface area (Å²) >= 11 is 0. The summed E-state index contributed by atoms with van der Waals surface area (Å²) in [5.74, 6) is -0.110. The van der Waals surface area contributed by atoms with Gasteiger partial charge in [0, 0.05) is 12.1 Å². The highest BCUT2D eigenvalue weighted by molar-refractivity contribution is 6.46. The van der Waals surface area contributed by atoms with Crippen molar-refractivity contribution >= 4 is 17.4 Å². The first kappa shape index (κ1) is 27.3. The van der Waals surface area contributed by atoms with Crippen LogP contribution in [0.5, 0.6) is 11.5 Å². The minimum Gasteiger partial charge on any atom is -0.507 e. The van der Waals surface area contributed by atoms with Gasteiger partial charge in [0.05, 0.1) is 24.8 Å². The quantitative estimate of drug-likeness (QED) is 0.239. The average molecular weight is 495 g/mol. The Morgan fingerprint density at radius 3 is 2.33 bits per heavy atom. The molecular formula is C29H38N2O5. The second kappa shape index (κ2) is 13.1. The summed E-state index contributed by atoms with van der Waals surface area (Å²) in [7, 11) is 0. The number of nitrogens with zero attached hydrogens (tertiary/aromatic N) is 2. The van der Waals surface area contributed by atoms with E-state index in [2.05, 4.69) is 18.7 Å². The van der Waals surface area contributed by atoms with Gasteiger partial charge in [0.2, 0.25) is 0 Å². The number of likely N-dealkylation sites (tertiary alicyclic amines) is 1. The molecule has 0 bridgehead atoms. The van der Waals surface area contributed by atoms with Gasteiger partial charge in [-0.2, -0.15) is 0 Å². The number of hydrogen-bond donors (Lipinski definition) is 1. The van der Waals surface area contributed by atoms with E-state index in [0.29, 0.717) is 36.8 Å². The van der Waals surface area contributed by atoms with Crippen molar-refractivity contribution in [2.45, 2.75) is 46.6 Å². The standard InChI is InChI=1S/C29H38N2O5/c1-5-19-36-24-12-9-11-22(20-24)26-25(27(32)21-13-15-23(16-14-21)35-8-4)28(33)29(34)31(26)18-10-17-30(6-2)7-3/h9,11-16,20,26,32H,5-8,10,17-19H2,1-4H3/b27-25+/t26-/m1/s1. The van der Waals surface area contributed by atoms with Crippen molar-refractivity contribution in [3.63, 3.8) is 0 Å². The molecule has 1 amide bonds. The lowest BCUT2D eigenvalue weighted by Gasteiger charge is -2.27. The maximum Gasteiger partial charge on any atom is 0.295 e. The highest BCUT2D eigenvalue weighted by Crippen LogP contribution is 2.40. The number of aliphatic hydroxyl groups excluding tert-OH is 1. The van der Waals surface area contributed by atoms with E-state index < -0.39 is 17.7 Å². The molecule has 36 heavy (non-hydrogen) atoms. The van der Waals surface area contributed by atoms with E-state index in [9.17, 15) is 14.7 Å². The third-order valence-electron chi connectivity index (χ3n) is 6.39. The summed E-state index contributed by atoms with van der Waals surface area (Å²) in [5.41, 5.74) is 1.29. The number of carbonyl (C=O) groups excluding carboxylic acids is 2. The Morgan fingerprint density at radius 2 is 1.69 bits per heavy atom. The Morgan fingerprint density at radius 1 is 0.972 bits per heavy atom. The van der Waals surface area contributed by atoms with Crippen LogP contribution in [0.3, 0.4) is 0 Å². The molecule has 2 aromatic rings. The lowest BCUT2D eigenvalue weighted by molar-refractivity contribution is -0.140. The Balaban J connectivity index is 2.02. The van der Waals surface area contributed by atoms with Crippen molar-refractivity contribution in [2.24, 2.45) is 0 Å². The molecular weight excluding hydrogens is 456 g/mol. The molecule has 1 heterocycles. The molecule has 1 atom stereocenters. The van der Waals surface area contributed by atoms with Crippen LogP contribution in [0.2, 0.25) is 0 Å². The van der Waals surface area contributed by atoms with Gasteiger partial charge in [0.25, 0.3) is 11.7 Å². The second-order valence-electron chi connectivity index (χ2n) is 8.75. The molecule has 1 saturated heterocycles. The van der Waals surface area contributed by atoms with Crippen LogP contribution in [0.25, 0.3) is 5.76 Å². The van der Waals surface area contributed by atoms with Gasteiger partial charge < -0.3 is 24.4 Å². The first-order valence-electron chi connectivity index (χ1n) is 12.9. The zero-order valence-corrected chi connectivity index (χ0v) is 21.8. The van der Waals surface area contributed by atoms with Crippen molar-refractivity contribution in [3.8, 4) is 11.5 Å². The van der Waals surface area contributed by atoms with Gasteiger partial charge in [0.15, 0.2) is 0 Å². The molecule has 0 saturated carbocycles. The number of ether oxygens (including phenoxy) is 2. The van der Waals surface area contributed by atoms with E-state index in [-0.39, 0.29) is 11.3 Å². The molecule has 1 aliphatic rings. The number of ketones is 1. The number of hydrogen-bond acceptors (Lipinski definition) is 6. The highest BCUT2D eigenvalue weighted by atomic mass is 16.5. The largest absolute Gasteiger partial charge is 0.507 e. The summed E-state index contributed by atoms with van der Waals surface area (Å²) in [6.07, 6.45) is 1.59. The fourth-order valence-corrected chi connectivity index (χ4v) is 4.49. The summed E-state index contributed by atoms with van der Waals surface area (Å²) in [6, 6.07) is 13.6. The number of aliphatic hydroxyl groups is 1. The number of Topliss-reactive ketones (excluding diaryl/α,β-unsaturated/α-hetero) is 1. The van der Waals surface area contributed by atoms with E-state index >= 15 is 0 Å². The Labute approximate surface area is 214 Å². The fourth-order valence-electron chi connectivity index (χ4n) is 4.49. The highest BCUT2D eigenvalue weighted by Gasteiger charge is 2.45. The monoisotopic (exact) mass is 494 g/mol.